The molecule has 0 spiro atoms. The number of hydrogen-bond donors (Lipinski definition) is 0. The van der Waals surface area contributed by atoms with Gasteiger partial charge in [-0.25, -0.2) is 0 Å². The highest BCUT2D eigenvalue weighted by molar-refractivity contribution is 5.70. The lowest BCUT2D eigenvalue weighted by Crippen LogP contribution is -2.57. The van der Waals surface area contributed by atoms with Gasteiger partial charge < -0.3 is 4.74 Å². The topological polar surface area (TPSA) is 32.8 Å². The summed E-state index contributed by atoms with van der Waals surface area (Å²) in [6.45, 7) is 14.1. The number of hydrogen-bond acceptors (Lipinski definition) is 4. The third-order valence-corrected chi connectivity index (χ3v) is 3.45. The van der Waals surface area contributed by atoms with E-state index in [1.807, 2.05) is 20.8 Å². The van der Waals surface area contributed by atoms with Crippen LogP contribution in [0.1, 0.15) is 41.0 Å². The van der Waals surface area contributed by atoms with Gasteiger partial charge >= 0.3 is 5.97 Å². The smallest absolute Gasteiger partial charge is 0.307 e. The fourth-order valence-electron chi connectivity index (χ4n) is 2.17. The minimum Gasteiger partial charge on any atom is -0.460 e. The third kappa shape index (κ3) is 4.94. The van der Waals surface area contributed by atoms with Crippen LogP contribution in [0.2, 0.25) is 0 Å². The fourth-order valence-corrected chi connectivity index (χ4v) is 2.17. The second kappa shape index (κ2) is 5.57. The first-order valence-electron chi connectivity index (χ1n) is 6.76. The van der Waals surface area contributed by atoms with Crippen molar-refractivity contribution in [3.05, 3.63) is 0 Å². The second-order valence-corrected chi connectivity index (χ2v) is 6.85. The highest BCUT2D eigenvalue weighted by atomic mass is 16.6. The zero-order chi connectivity index (χ0) is 14.0. The summed E-state index contributed by atoms with van der Waals surface area (Å²) in [7, 11) is 2.16. The number of ether oxygens (including phenoxy) is 1. The molecular weight excluding hydrogens is 228 g/mol. The Hall–Kier alpha value is -0.610. The largest absolute Gasteiger partial charge is 0.460 e. The van der Waals surface area contributed by atoms with Crippen molar-refractivity contribution < 1.29 is 9.53 Å². The Bertz CT molecular complexity index is 295. The van der Waals surface area contributed by atoms with E-state index in [1.54, 1.807) is 0 Å². The van der Waals surface area contributed by atoms with Gasteiger partial charge in [-0.15, -0.1) is 0 Å². The normalized spacial score (nSPS) is 21.9. The van der Waals surface area contributed by atoms with Gasteiger partial charge in [0.25, 0.3) is 0 Å². The van der Waals surface area contributed by atoms with Crippen LogP contribution in [0.15, 0.2) is 0 Å². The maximum Gasteiger partial charge on any atom is 0.307 e. The van der Waals surface area contributed by atoms with Gasteiger partial charge in [0, 0.05) is 31.7 Å². The molecule has 4 nitrogen and oxygen atoms in total. The standard InChI is InChI=1S/C14H28N2O2/c1-13(2,3)18-12(17)7-8-16-10-9-15(6)14(4,5)11-16/h7-11H2,1-6H3. The number of esters is 1. The van der Waals surface area contributed by atoms with Gasteiger partial charge in [-0.3, -0.25) is 14.6 Å². The summed E-state index contributed by atoms with van der Waals surface area (Å²) in [5.74, 6) is -0.0979. The molecule has 0 N–H and O–H groups in total. The first kappa shape index (κ1) is 15.4. The molecule has 0 aliphatic carbocycles. The van der Waals surface area contributed by atoms with Gasteiger partial charge in [-0.05, 0) is 41.7 Å². The predicted octanol–water partition coefficient (Wildman–Crippen LogP) is 1.74. The molecule has 0 bridgehead atoms. The average Bonchev–Trinajstić information content (AvgIpc) is 2.17. The first-order valence-corrected chi connectivity index (χ1v) is 6.76. The van der Waals surface area contributed by atoms with Crippen LogP contribution in [0.5, 0.6) is 0 Å². The van der Waals surface area contributed by atoms with Crippen LogP contribution in [-0.4, -0.2) is 60.1 Å². The van der Waals surface area contributed by atoms with Crippen LogP contribution in [0.25, 0.3) is 0 Å². The van der Waals surface area contributed by atoms with E-state index in [2.05, 4.69) is 30.7 Å². The number of likely N-dealkylation sites (N-methyl/N-ethyl adjacent to an activating group) is 1. The molecule has 1 fully saturated rings. The molecule has 0 aromatic rings. The molecule has 0 aromatic heterocycles. The number of carbonyl (C=O) groups is 1. The zero-order valence-electron chi connectivity index (χ0n) is 12.7. The van der Waals surface area contributed by atoms with Gasteiger partial charge in [0.2, 0.25) is 0 Å². The first-order chi connectivity index (χ1) is 8.10. The maximum absolute atomic E-state index is 11.7. The molecular formula is C14H28N2O2. The van der Waals surface area contributed by atoms with E-state index in [-0.39, 0.29) is 17.1 Å². The molecule has 1 saturated heterocycles. The van der Waals surface area contributed by atoms with Crippen LogP contribution in [0, 0.1) is 0 Å². The van der Waals surface area contributed by atoms with Crippen LogP contribution in [0.3, 0.4) is 0 Å². The van der Waals surface area contributed by atoms with E-state index < -0.39 is 0 Å². The van der Waals surface area contributed by atoms with E-state index >= 15 is 0 Å². The van der Waals surface area contributed by atoms with Crippen molar-refractivity contribution in [2.24, 2.45) is 0 Å². The summed E-state index contributed by atoms with van der Waals surface area (Å²) in [5.41, 5.74) is -0.190. The number of piperazine rings is 1. The van der Waals surface area contributed by atoms with Gasteiger partial charge in [0.05, 0.1) is 6.42 Å². The number of rotatable bonds is 3. The summed E-state index contributed by atoms with van der Waals surface area (Å²) in [5, 5.41) is 0. The van der Waals surface area contributed by atoms with E-state index in [9.17, 15) is 4.79 Å². The Labute approximate surface area is 111 Å². The van der Waals surface area contributed by atoms with Crippen molar-refractivity contribution in [3.63, 3.8) is 0 Å². The molecule has 106 valence electrons. The fraction of sp³-hybridized carbons (Fsp3) is 0.929. The van der Waals surface area contributed by atoms with Gasteiger partial charge in [0.1, 0.15) is 5.60 Å². The molecule has 0 aromatic carbocycles. The van der Waals surface area contributed by atoms with E-state index in [0.717, 1.165) is 26.2 Å². The second-order valence-electron chi connectivity index (χ2n) is 6.85. The van der Waals surface area contributed by atoms with Gasteiger partial charge in [0.15, 0.2) is 0 Å². The van der Waals surface area contributed by atoms with Crippen LogP contribution in [-0.2, 0) is 9.53 Å². The Morgan fingerprint density at radius 1 is 1.28 bits per heavy atom. The Kier molecular flexibility index (Phi) is 4.78. The van der Waals surface area contributed by atoms with E-state index in [4.69, 9.17) is 4.74 Å². The summed E-state index contributed by atoms with van der Waals surface area (Å²) < 4.78 is 5.33. The summed E-state index contributed by atoms with van der Waals surface area (Å²) in [6, 6.07) is 0. The molecule has 0 atom stereocenters. The van der Waals surface area contributed by atoms with E-state index in [1.165, 1.54) is 0 Å². The molecule has 0 saturated carbocycles. The van der Waals surface area contributed by atoms with Gasteiger partial charge in [-0.2, -0.15) is 0 Å². The minimum absolute atomic E-state index is 0.0979. The lowest BCUT2D eigenvalue weighted by Gasteiger charge is -2.45. The highest BCUT2D eigenvalue weighted by Crippen LogP contribution is 2.19. The lowest BCUT2D eigenvalue weighted by atomic mass is 10.00. The molecule has 4 heteroatoms. The number of carbonyl (C=O) groups excluding carboxylic acids is 1. The van der Waals surface area contributed by atoms with Crippen molar-refractivity contribution in [2.75, 3.05) is 33.2 Å². The molecule has 0 radical (unpaired) electrons. The van der Waals surface area contributed by atoms with Gasteiger partial charge in [-0.1, -0.05) is 0 Å². The molecule has 0 unspecified atom stereocenters. The van der Waals surface area contributed by atoms with Crippen LogP contribution < -0.4 is 0 Å². The lowest BCUT2D eigenvalue weighted by molar-refractivity contribution is -0.155. The van der Waals surface area contributed by atoms with Crippen molar-refractivity contribution in [3.8, 4) is 0 Å². The molecule has 1 rings (SSSR count). The monoisotopic (exact) mass is 256 g/mol. The summed E-state index contributed by atoms with van der Waals surface area (Å²) in [6.07, 6.45) is 0.483. The van der Waals surface area contributed by atoms with E-state index in [0.29, 0.717) is 6.42 Å². The Morgan fingerprint density at radius 2 is 1.89 bits per heavy atom. The Morgan fingerprint density at radius 3 is 2.39 bits per heavy atom. The predicted molar refractivity (Wildman–Crippen MR) is 73.6 cm³/mol. The molecule has 1 aliphatic rings. The molecule has 1 heterocycles. The summed E-state index contributed by atoms with van der Waals surface area (Å²) in [4.78, 5) is 16.4. The van der Waals surface area contributed by atoms with Crippen LogP contribution >= 0.6 is 0 Å². The minimum atomic E-state index is -0.377. The van der Waals surface area contributed by atoms with Crippen molar-refractivity contribution in [1.82, 2.24) is 9.80 Å². The number of nitrogens with zero attached hydrogens (tertiary/aromatic N) is 2. The SMILES string of the molecule is CN1CCN(CCC(=O)OC(C)(C)C)CC1(C)C. The molecule has 0 amide bonds. The van der Waals surface area contributed by atoms with Crippen molar-refractivity contribution >= 4 is 5.97 Å². The molecule has 1 aliphatic heterocycles. The average molecular weight is 256 g/mol. The third-order valence-electron chi connectivity index (χ3n) is 3.45. The Balaban J connectivity index is 2.34. The quantitative estimate of drug-likeness (QED) is 0.720. The highest BCUT2D eigenvalue weighted by Gasteiger charge is 2.31. The summed E-state index contributed by atoms with van der Waals surface area (Å²) >= 11 is 0. The maximum atomic E-state index is 11.7. The zero-order valence-corrected chi connectivity index (χ0v) is 12.7. The van der Waals surface area contributed by atoms with Crippen molar-refractivity contribution in [1.29, 1.82) is 0 Å². The molecule has 18 heavy (non-hydrogen) atoms. The van der Waals surface area contributed by atoms with Crippen molar-refractivity contribution in [2.45, 2.75) is 52.2 Å². The van der Waals surface area contributed by atoms with Crippen LogP contribution in [0.4, 0.5) is 0 Å².